The Bertz CT molecular complexity index is 283. The Labute approximate surface area is 87.6 Å². The van der Waals surface area contributed by atoms with Crippen LogP contribution in [0.4, 0.5) is 4.79 Å². The number of rotatable bonds is 1. The van der Waals surface area contributed by atoms with Gasteiger partial charge in [-0.05, 0) is 19.1 Å². The number of para-hydroxylation sites is 1. The molecule has 76 valence electrons. The highest BCUT2D eigenvalue weighted by Crippen LogP contribution is 2.02. The first-order valence-corrected chi connectivity index (χ1v) is 4.17. The summed E-state index contributed by atoms with van der Waals surface area (Å²) in [5.41, 5.74) is -0.840. The average molecular weight is 215 g/mol. The second-order valence-electron chi connectivity index (χ2n) is 2.38. The topological polar surface area (TPSA) is 46.5 Å². The average Bonchev–Trinajstić information content (AvgIpc) is 2.03. The number of phenols is 1. The highest BCUT2D eigenvalue weighted by molar-refractivity contribution is 6.61. The fourth-order valence-corrected chi connectivity index (χ4v) is 0.697. The number of aromatic hydroxyl groups is 1. The lowest BCUT2D eigenvalue weighted by Crippen LogP contribution is -1.87. The van der Waals surface area contributed by atoms with E-state index in [4.69, 9.17) is 16.7 Å². The molecule has 1 N–H and O–H groups in total. The van der Waals surface area contributed by atoms with Gasteiger partial charge in [0.05, 0.1) is 5.76 Å². The molecule has 0 spiro atoms. The number of hydrogen-bond donors (Lipinski definition) is 1. The maximum Gasteiger partial charge on any atom is 0.408 e. The van der Waals surface area contributed by atoms with Crippen molar-refractivity contribution in [2.75, 3.05) is 0 Å². The van der Waals surface area contributed by atoms with Crippen LogP contribution >= 0.6 is 11.6 Å². The molecule has 0 atom stereocenters. The fourth-order valence-electron chi connectivity index (χ4n) is 0.565. The van der Waals surface area contributed by atoms with Gasteiger partial charge in [0.1, 0.15) is 5.75 Å². The molecule has 0 saturated heterocycles. The molecular weight excluding hydrogens is 204 g/mol. The van der Waals surface area contributed by atoms with Crippen LogP contribution in [0.25, 0.3) is 0 Å². The van der Waals surface area contributed by atoms with Crippen molar-refractivity contribution in [3.05, 3.63) is 42.7 Å². The number of carbonyl (C=O) groups excluding carboxylic acids is 1. The number of benzene rings is 1. The maximum absolute atomic E-state index is 9.74. The van der Waals surface area contributed by atoms with Crippen molar-refractivity contribution in [3.63, 3.8) is 0 Å². The normalized spacial score (nSPS) is 8.14. The Morgan fingerprint density at radius 2 is 1.93 bits per heavy atom. The Hall–Kier alpha value is -1.48. The summed E-state index contributed by atoms with van der Waals surface area (Å²) in [4.78, 5) is 9.74. The van der Waals surface area contributed by atoms with Crippen molar-refractivity contribution in [2.45, 2.75) is 6.92 Å². The molecule has 0 bridgehead atoms. The van der Waals surface area contributed by atoms with Gasteiger partial charge in [-0.15, -0.1) is 0 Å². The van der Waals surface area contributed by atoms with E-state index in [1.165, 1.54) is 0 Å². The summed E-state index contributed by atoms with van der Waals surface area (Å²) in [7, 11) is 0. The number of phenolic OH excluding ortho intramolecular Hbond substituents is 1. The third-order valence-electron chi connectivity index (χ3n) is 1.01. The first-order chi connectivity index (χ1) is 6.52. The van der Waals surface area contributed by atoms with Crippen molar-refractivity contribution in [3.8, 4) is 5.75 Å². The SMILES string of the molecule is C=C(C)OC(=O)Cl.Oc1ccccc1. The van der Waals surface area contributed by atoms with Crippen LogP contribution in [-0.4, -0.2) is 10.5 Å². The van der Waals surface area contributed by atoms with E-state index in [-0.39, 0.29) is 0 Å². The molecule has 0 aromatic heterocycles. The van der Waals surface area contributed by atoms with Crippen LogP contribution in [0.3, 0.4) is 0 Å². The Morgan fingerprint density at radius 3 is 2.07 bits per heavy atom. The number of carbonyl (C=O) groups is 1. The molecule has 0 aliphatic carbocycles. The lowest BCUT2D eigenvalue weighted by atomic mass is 10.3. The number of halogens is 1. The van der Waals surface area contributed by atoms with Crippen LogP contribution in [0.1, 0.15) is 6.92 Å². The largest absolute Gasteiger partial charge is 0.508 e. The molecular formula is C10H11ClO3. The summed E-state index contributed by atoms with van der Waals surface area (Å²) in [6.45, 7) is 4.81. The lowest BCUT2D eigenvalue weighted by Gasteiger charge is -1.91. The van der Waals surface area contributed by atoms with E-state index >= 15 is 0 Å². The summed E-state index contributed by atoms with van der Waals surface area (Å²) in [5, 5.41) is 8.63. The van der Waals surface area contributed by atoms with E-state index in [1.54, 1.807) is 31.2 Å². The predicted octanol–water partition coefficient (Wildman–Crippen LogP) is 3.29. The monoisotopic (exact) mass is 214 g/mol. The Kier molecular flexibility index (Phi) is 6.24. The van der Waals surface area contributed by atoms with E-state index in [1.807, 2.05) is 6.07 Å². The second-order valence-corrected chi connectivity index (χ2v) is 2.69. The van der Waals surface area contributed by atoms with Crippen molar-refractivity contribution in [1.29, 1.82) is 0 Å². The van der Waals surface area contributed by atoms with E-state index < -0.39 is 5.43 Å². The van der Waals surface area contributed by atoms with Crippen molar-refractivity contribution in [2.24, 2.45) is 0 Å². The zero-order chi connectivity index (χ0) is 11.0. The van der Waals surface area contributed by atoms with Gasteiger partial charge in [-0.1, -0.05) is 24.8 Å². The van der Waals surface area contributed by atoms with Gasteiger partial charge in [0.25, 0.3) is 0 Å². The molecule has 1 rings (SSSR count). The number of ether oxygens (including phenoxy) is 1. The second kappa shape index (κ2) is 6.97. The minimum Gasteiger partial charge on any atom is -0.508 e. The lowest BCUT2D eigenvalue weighted by molar-refractivity contribution is 0.204. The zero-order valence-corrected chi connectivity index (χ0v) is 8.49. The van der Waals surface area contributed by atoms with Crippen molar-refractivity contribution in [1.82, 2.24) is 0 Å². The molecule has 0 saturated carbocycles. The summed E-state index contributed by atoms with van der Waals surface area (Å²) in [6, 6.07) is 8.71. The third-order valence-corrected chi connectivity index (χ3v) is 1.09. The molecule has 14 heavy (non-hydrogen) atoms. The molecule has 0 radical (unpaired) electrons. The summed E-state index contributed by atoms with van der Waals surface area (Å²) in [5.74, 6) is 0.627. The quantitative estimate of drug-likeness (QED) is 0.577. The van der Waals surface area contributed by atoms with E-state index in [2.05, 4.69) is 11.3 Å². The Morgan fingerprint density at radius 1 is 1.43 bits per heavy atom. The number of allylic oxidation sites excluding steroid dienone is 1. The summed E-state index contributed by atoms with van der Waals surface area (Å²) >= 11 is 4.75. The molecule has 0 aliphatic heterocycles. The van der Waals surface area contributed by atoms with E-state index in [9.17, 15) is 4.79 Å². The first-order valence-electron chi connectivity index (χ1n) is 3.79. The van der Waals surface area contributed by atoms with Gasteiger partial charge >= 0.3 is 5.43 Å². The number of hydrogen-bond acceptors (Lipinski definition) is 3. The van der Waals surface area contributed by atoms with Gasteiger partial charge in [-0.2, -0.15) is 0 Å². The molecule has 0 heterocycles. The maximum atomic E-state index is 9.74. The summed E-state index contributed by atoms with van der Waals surface area (Å²) in [6.07, 6.45) is 0. The van der Waals surface area contributed by atoms with Gasteiger partial charge in [0, 0.05) is 11.6 Å². The van der Waals surface area contributed by atoms with Gasteiger partial charge in [-0.25, -0.2) is 4.79 Å². The molecule has 0 amide bonds. The van der Waals surface area contributed by atoms with Crippen LogP contribution in [0.15, 0.2) is 42.7 Å². The third kappa shape index (κ3) is 8.62. The van der Waals surface area contributed by atoms with Crippen LogP contribution in [0.5, 0.6) is 5.75 Å². The van der Waals surface area contributed by atoms with Crippen LogP contribution < -0.4 is 0 Å². The van der Waals surface area contributed by atoms with Gasteiger partial charge < -0.3 is 9.84 Å². The fraction of sp³-hybridized carbons (Fsp3) is 0.100. The van der Waals surface area contributed by atoms with E-state index in [0.29, 0.717) is 11.5 Å². The standard InChI is InChI=1S/C6H6O.C4H5ClO2/c7-6-4-2-1-3-5-6;1-3(2)7-4(5)6/h1-5,7H;1H2,2H3. The minimum absolute atomic E-state index is 0.306. The highest BCUT2D eigenvalue weighted by atomic mass is 35.5. The summed E-state index contributed by atoms with van der Waals surface area (Å²) < 4.78 is 4.18. The van der Waals surface area contributed by atoms with E-state index in [0.717, 1.165) is 0 Å². The van der Waals surface area contributed by atoms with Crippen LogP contribution in [0, 0.1) is 0 Å². The van der Waals surface area contributed by atoms with Crippen LogP contribution in [0.2, 0.25) is 0 Å². The molecule has 0 fully saturated rings. The molecule has 0 unspecified atom stereocenters. The predicted molar refractivity (Wildman–Crippen MR) is 55.3 cm³/mol. The molecule has 1 aromatic rings. The van der Waals surface area contributed by atoms with Gasteiger partial charge in [0.2, 0.25) is 0 Å². The first kappa shape index (κ1) is 12.5. The van der Waals surface area contributed by atoms with Gasteiger partial charge in [0.15, 0.2) is 0 Å². The molecule has 1 aromatic carbocycles. The zero-order valence-electron chi connectivity index (χ0n) is 7.74. The van der Waals surface area contributed by atoms with Crippen LogP contribution in [-0.2, 0) is 4.74 Å². The Balaban J connectivity index is 0.000000241. The molecule has 4 heteroatoms. The smallest absolute Gasteiger partial charge is 0.408 e. The van der Waals surface area contributed by atoms with Gasteiger partial charge in [-0.3, -0.25) is 0 Å². The molecule has 3 nitrogen and oxygen atoms in total. The highest BCUT2D eigenvalue weighted by Gasteiger charge is 1.91. The minimum atomic E-state index is -0.840. The van der Waals surface area contributed by atoms with Crippen molar-refractivity contribution < 1.29 is 14.6 Å². The molecule has 0 aliphatic rings. The van der Waals surface area contributed by atoms with Crippen molar-refractivity contribution >= 4 is 17.0 Å².